The van der Waals surface area contributed by atoms with Gasteiger partial charge in [0, 0.05) is 29.4 Å². The Morgan fingerprint density at radius 1 is 1.10 bits per heavy atom. The standard InChI is InChI=1S/C22H20ClN5O/c23-18-6-5-15-21(27-18)19(22(29)26-15)20-13-4-2-1-3-12(13)17(11-25-20)28-10-8-14-16(28)7-9-24-14/h1-6,11,14,16,24,26,29H,7-10H2. The molecule has 5 heterocycles. The lowest BCUT2D eigenvalue weighted by atomic mass is 10.0. The van der Waals surface area contributed by atoms with Crippen molar-refractivity contribution < 1.29 is 5.11 Å². The number of aromatic hydroxyl groups is 1. The molecule has 3 N–H and O–H groups in total. The molecule has 6 rings (SSSR count). The maximum atomic E-state index is 10.6. The summed E-state index contributed by atoms with van der Waals surface area (Å²) in [5.41, 5.74) is 3.82. The first-order chi connectivity index (χ1) is 14.2. The second-order valence-corrected chi connectivity index (χ2v) is 8.20. The molecule has 2 aliphatic heterocycles. The highest BCUT2D eigenvalue weighted by Gasteiger charge is 2.38. The van der Waals surface area contributed by atoms with Gasteiger partial charge in [0.05, 0.1) is 28.7 Å². The van der Waals surface area contributed by atoms with Crippen molar-refractivity contribution in [2.24, 2.45) is 0 Å². The Bertz CT molecular complexity index is 1250. The van der Waals surface area contributed by atoms with Gasteiger partial charge in [-0.25, -0.2) is 4.98 Å². The number of benzene rings is 1. The van der Waals surface area contributed by atoms with Crippen LogP contribution in [0, 0.1) is 0 Å². The van der Waals surface area contributed by atoms with Crippen LogP contribution in [0.15, 0.2) is 42.6 Å². The summed E-state index contributed by atoms with van der Waals surface area (Å²) in [5.74, 6) is 0.0569. The molecule has 2 unspecified atom stereocenters. The van der Waals surface area contributed by atoms with Crippen LogP contribution in [0.4, 0.5) is 5.69 Å². The number of H-pyrrole nitrogens is 1. The zero-order chi connectivity index (χ0) is 19.5. The fourth-order valence-corrected chi connectivity index (χ4v) is 5.17. The first kappa shape index (κ1) is 17.1. The topological polar surface area (TPSA) is 77.1 Å². The highest BCUT2D eigenvalue weighted by atomic mass is 35.5. The summed E-state index contributed by atoms with van der Waals surface area (Å²) in [4.78, 5) is 14.7. The van der Waals surface area contributed by atoms with Gasteiger partial charge in [-0.3, -0.25) is 4.98 Å². The fraction of sp³-hybridized carbons (Fsp3) is 0.273. The third-order valence-corrected chi connectivity index (χ3v) is 6.51. The van der Waals surface area contributed by atoms with Gasteiger partial charge < -0.3 is 20.3 Å². The summed E-state index contributed by atoms with van der Waals surface area (Å²) in [7, 11) is 0. The summed E-state index contributed by atoms with van der Waals surface area (Å²) < 4.78 is 0. The van der Waals surface area contributed by atoms with Crippen molar-refractivity contribution in [1.82, 2.24) is 20.3 Å². The average molecular weight is 406 g/mol. The van der Waals surface area contributed by atoms with E-state index in [1.54, 1.807) is 6.07 Å². The maximum Gasteiger partial charge on any atom is 0.200 e. The van der Waals surface area contributed by atoms with Crippen molar-refractivity contribution in [1.29, 1.82) is 0 Å². The van der Waals surface area contributed by atoms with Gasteiger partial charge in [0.1, 0.15) is 10.7 Å². The molecule has 0 saturated carbocycles. The van der Waals surface area contributed by atoms with E-state index in [4.69, 9.17) is 16.6 Å². The number of nitrogens with zero attached hydrogens (tertiary/aromatic N) is 3. The normalized spacial score (nSPS) is 21.3. The predicted octanol–water partition coefficient (Wildman–Crippen LogP) is 4.08. The lowest BCUT2D eigenvalue weighted by Crippen LogP contribution is -2.34. The largest absolute Gasteiger partial charge is 0.494 e. The van der Waals surface area contributed by atoms with Crippen LogP contribution in [0.5, 0.6) is 5.88 Å². The molecular formula is C22H20ClN5O. The third kappa shape index (κ3) is 2.52. The minimum Gasteiger partial charge on any atom is -0.494 e. The number of halogens is 1. The van der Waals surface area contributed by atoms with Crippen LogP contribution < -0.4 is 10.2 Å². The molecule has 0 radical (unpaired) electrons. The molecule has 2 saturated heterocycles. The molecule has 0 spiro atoms. The van der Waals surface area contributed by atoms with Crippen molar-refractivity contribution in [2.75, 3.05) is 18.0 Å². The molecule has 146 valence electrons. The smallest absolute Gasteiger partial charge is 0.200 e. The number of fused-ring (bicyclic) bond motifs is 3. The van der Waals surface area contributed by atoms with E-state index in [9.17, 15) is 5.11 Å². The molecule has 1 aromatic carbocycles. The van der Waals surface area contributed by atoms with E-state index < -0.39 is 0 Å². The van der Waals surface area contributed by atoms with Crippen LogP contribution in [-0.2, 0) is 0 Å². The molecule has 2 aliphatic rings. The molecule has 7 heteroatoms. The number of rotatable bonds is 2. The van der Waals surface area contributed by atoms with Crippen LogP contribution in [-0.4, -0.2) is 45.2 Å². The third-order valence-electron chi connectivity index (χ3n) is 6.30. The number of aromatic nitrogens is 3. The van der Waals surface area contributed by atoms with Crippen LogP contribution in [0.1, 0.15) is 12.8 Å². The van der Waals surface area contributed by atoms with E-state index in [0.717, 1.165) is 47.9 Å². The molecule has 0 amide bonds. The fourth-order valence-electron chi connectivity index (χ4n) is 5.02. The zero-order valence-corrected chi connectivity index (χ0v) is 16.4. The number of nitrogens with one attached hydrogen (secondary N) is 2. The molecule has 3 aromatic heterocycles. The van der Waals surface area contributed by atoms with E-state index in [-0.39, 0.29) is 5.88 Å². The molecular weight excluding hydrogens is 386 g/mol. The van der Waals surface area contributed by atoms with E-state index in [2.05, 4.69) is 38.4 Å². The molecule has 2 atom stereocenters. The van der Waals surface area contributed by atoms with Gasteiger partial charge in [0.25, 0.3) is 0 Å². The van der Waals surface area contributed by atoms with Gasteiger partial charge in [-0.05, 0) is 31.5 Å². The number of aromatic amines is 1. The number of hydrogen-bond acceptors (Lipinski definition) is 5. The van der Waals surface area contributed by atoms with Gasteiger partial charge >= 0.3 is 0 Å². The Balaban J connectivity index is 1.57. The van der Waals surface area contributed by atoms with Crippen LogP contribution in [0.3, 0.4) is 0 Å². The summed E-state index contributed by atoms with van der Waals surface area (Å²) in [6, 6.07) is 12.9. The predicted molar refractivity (Wildman–Crippen MR) is 116 cm³/mol. The highest BCUT2D eigenvalue weighted by Crippen LogP contribution is 2.42. The van der Waals surface area contributed by atoms with Crippen LogP contribution in [0.2, 0.25) is 5.15 Å². The van der Waals surface area contributed by atoms with Crippen molar-refractivity contribution in [3.05, 3.63) is 47.7 Å². The number of anilines is 1. The van der Waals surface area contributed by atoms with E-state index >= 15 is 0 Å². The maximum absolute atomic E-state index is 10.6. The van der Waals surface area contributed by atoms with E-state index in [1.807, 2.05) is 18.3 Å². The lowest BCUT2D eigenvalue weighted by Gasteiger charge is -2.27. The van der Waals surface area contributed by atoms with Crippen molar-refractivity contribution >= 4 is 39.1 Å². The highest BCUT2D eigenvalue weighted by molar-refractivity contribution is 6.30. The van der Waals surface area contributed by atoms with Crippen molar-refractivity contribution in [2.45, 2.75) is 24.9 Å². The second-order valence-electron chi connectivity index (χ2n) is 7.82. The van der Waals surface area contributed by atoms with E-state index in [1.165, 1.54) is 0 Å². The molecule has 2 fully saturated rings. The van der Waals surface area contributed by atoms with Crippen molar-refractivity contribution in [3.8, 4) is 17.1 Å². The Kier molecular flexibility index (Phi) is 3.73. The summed E-state index contributed by atoms with van der Waals surface area (Å²) in [6.07, 6.45) is 4.26. The van der Waals surface area contributed by atoms with E-state index in [0.29, 0.717) is 34.0 Å². The molecule has 4 aromatic rings. The second kappa shape index (κ2) is 6.34. The minimum atomic E-state index is 0.0569. The first-order valence-electron chi connectivity index (χ1n) is 9.96. The summed E-state index contributed by atoms with van der Waals surface area (Å²) >= 11 is 6.13. The van der Waals surface area contributed by atoms with Gasteiger partial charge in [0.2, 0.25) is 5.88 Å². The Morgan fingerprint density at radius 3 is 2.86 bits per heavy atom. The van der Waals surface area contributed by atoms with Gasteiger partial charge in [0.15, 0.2) is 0 Å². The summed E-state index contributed by atoms with van der Waals surface area (Å²) in [6.45, 7) is 2.10. The molecule has 0 aliphatic carbocycles. The van der Waals surface area contributed by atoms with Crippen LogP contribution in [0.25, 0.3) is 33.1 Å². The Morgan fingerprint density at radius 2 is 1.97 bits per heavy atom. The molecule has 29 heavy (non-hydrogen) atoms. The van der Waals surface area contributed by atoms with Gasteiger partial charge in [-0.2, -0.15) is 0 Å². The summed E-state index contributed by atoms with van der Waals surface area (Å²) in [5, 5.41) is 16.8. The Labute approximate surface area is 172 Å². The monoisotopic (exact) mass is 405 g/mol. The Hall–Kier alpha value is -2.83. The number of pyridine rings is 2. The quantitative estimate of drug-likeness (QED) is 0.438. The zero-order valence-electron chi connectivity index (χ0n) is 15.7. The van der Waals surface area contributed by atoms with Gasteiger partial charge in [-0.1, -0.05) is 35.9 Å². The average Bonchev–Trinajstić information content (AvgIpc) is 3.41. The van der Waals surface area contributed by atoms with Crippen LogP contribution >= 0.6 is 11.6 Å². The number of hydrogen-bond donors (Lipinski definition) is 3. The molecule has 0 bridgehead atoms. The minimum absolute atomic E-state index is 0.0569. The molecule has 6 nitrogen and oxygen atoms in total. The lowest BCUT2D eigenvalue weighted by molar-refractivity contribution is 0.460. The SMILES string of the molecule is Oc1[nH]c2ccc(Cl)nc2c1-c1ncc(N2CCC3NCCC32)c2ccccc12. The first-order valence-corrected chi connectivity index (χ1v) is 10.3. The van der Waals surface area contributed by atoms with Gasteiger partial charge in [-0.15, -0.1) is 0 Å². The van der Waals surface area contributed by atoms with Crippen molar-refractivity contribution in [3.63, 3.8) is 0 Å².